The van der Waals surface area contributed by atoms with Gasteiger partial charge in [-0.15, -0.1) is 0 Å². The summed E-state index contributed by atoms with van der Waals surface area (Å²) in [6, 6.07) is 7.32. The van der Waals surface area contributed by atoms with E-state index in [9.17, 15) is 13.2 Å². The van der Waals surface area contributed by atoms with Gasteiger partial charge in [-0.1, -0.05) is 18.2 Å². The second-order valence-electron chi connectivity index (χ2n) is 4.78. The van der Waals surface area contributed by atoms with Crippen LogP contribution in [0.2, 0.25) is 0 Å². The second-order valence-corrected chi connectivity index (χ2v) is 6.92. The zero-order valence-corrected chi connectivity index (χ0v) is 10.9. The summed E-state index contributed by atoms with van der Waals surface area (Å²) in [5.41, 5.74) is 0.625. The number of anilines is 1. The van der Waals surface area contributed by atoms with Gasteiger partial charge in [0.25, 0.3) is 0 Å². The van der Waals surface area contributed by atoms with Crippen molar-refractivity contribution in [2.45, 2.75) is 12.3 Å². The van der Waals surface area contributed by atoms with Crippen LogP contribution >= 0.6 is 0 Å². The molecule has 4 nitrogen and oxygen atoms in total. The predicted molar refractivity (Wildman–Crippen MR) is 66.9 cm³/mol. The highest BCUT2D eigenvalue weighted by Crippen LogP contribution is 2.41. The zero-order valence-electron chi connectivity index (χ0n) is 10.1. The molecule has 1 heterocycles. The van der Waals surface area contributed by atoms with Gasteiger partial charge in [0.2, 0.25) is 5.91 Å². The molecule has 1 atom stereocenters. The molecule has 1 aliphatic rings. The lowest BCUT2D eigenvalue weighted by Gasteiger charge is -2.21. The number of rotatable bonds is 2. The molecule has 0 spiro atoms. The van der Waals surface area contributed by atoms with Crippen LogP contribution in [-0.2, 0) is 20.0 Å². The molecule has 1 aromatic carbocycles. The lowest BCUT2D eigenvalue weighted by molar-refractivity contribution is -0.121. The molecular formula is C12H15NO3S. The summed E-state index contributed by atoms with van der Waals surface area (Å²) in [6.45, 7) is 1.69. The van der Waals surface area contributed by atoms with Gasteiger partial charge in [0.05, 0.1) is 11.2 Å². The summed E-state index contributed by atoms with van der Waals surface area (Å²) < 4.78 is 23.0. The highest BCUT2D eigenvalue weighted by atomic mass is 32.2. The van der Waals surface area contributed by atoms with Gasteiger partial charge in [0.1, 0.15) is 9.84 Å². The monoisotopic (exact) mass is 253 g/mol. The summed E-state index contributed by atoms with van der Waals surface area (Å²) in [6.07, 6.45) is 1.16. The smallest absolute Gasteiger partial charge is 0.238 e. The molecule has 0 unspecified atom stereocenters. The van der Waals surface area contributed by atoms with Crippen molar-refractivity contribution in [2.24, 2.45) is 0 Å². The molecule has 0 N–H and O–H groups in total. The van der Waals surface area contributed by atoms with Crippen molar-refractivity contribution < 1.29 is 13.2 Å². The van der Waals surface area contributed by atoms with E-state index in [0.717, 1.165) is 17.5 Å². The fourth-order valence-corrected chi connectivity index (χ4v) is 3.82. The first-order valence-corrected chi connectivity index (χ1v) is 7.37. The van der Waals surface area contributed by atoms with Gasteiger partial charge in [-0.3, -0.25) is 4.79 Å². The molecule has 1 aromatic rings. The molecule has 92 valence electrons. The predicted octanol–water partition coefficient (Wildman–Crippen LogP) is 0.965. The van der Waals surface area contributed by atoms with Crippen molar-refractivity contribution >= 4 is 21.4 Å². The lowest BCUT2D eigenvalue weighted by Crippen LogP contribution is -2.41. The molecule has 0 aromatic heterocycles. The van der Waals surface area contributed by atoms with Crippen LogP contribution in [0.3, 0.4) is 0 Å². The van der Waals surface area contributed by atoms with Crippen molar-refractivity contribution in [3.8, 4) is 0 Å². The average molecular weight is 253 g/mol. The van der Waals surface area contributed by atoms with E-state index in [1.54, 1.807) is 14.0 Å². The first-order chi connectivity index (χ1) is 7.76. The van der Waals surface area contributed by atoms with E-state index in [4.69, 9.17) is 0 Å². The number of carbonyl (C=O) groups is 1. The molecule has 5 heteroatoms. The summed E-state index contributed by atoms with van der Waals surface area (Å²) in [7, 11) is -1.54. The summed E-state index contributed by atoms with van der Waals surface area (Å²) in [5, 5.41) is 0. The number of hydrogen-bond donors (Lipinski definition) is 0. The van der Waals surface area contributed by atoms with Crippen LogP contribution in [0.25, 0.3) is 0 Å². The van der Waals surface area contributed by atoms with Crippen LogP contribution in [0, 0.1) is 0 Å². The van der Waals surface area contributed by atoms with Crippen LogP contribution in [-0.4, -0.2) is 33.4 Å². The molecule has 0 bridgehead atoms. The van der Waals surface area contributed by atoms with Gasteiger partial charge >= 0.3 is 0 Å². The molecule has 0 aliphatic carbocycles. The number of para-hydroxylation sites is 1. The maximum Gasteiger partial charge on any atom is 0.238 e. The largest absolute Gasteiger partial charge is 0.314 e. The van der Waals surface area contributed by atoms with Crippen LogP contribution in [0.15, 0.2) is 24.3 Å². The van der Waals surface area contributed by atoms with Crippen LogP contribution < -0.4 is 4.90 Å². The zero-order chi connectivity index (χ0) is 12.8. The Morgan fingerprint density at radius 1 is 1.29 bits per heavy atom. The van der Waals surface area contributed by atoms with E-state index in [1.807, 2.05) is 24.3 Å². The quantitative estimate of drug-likeness (QED) is 0.789. The first-order valence-electron chi connectivity index (χ1n) is 5.31. The molecule has 2 rings (SSSR count). The lowest BCUT2D eigenvalue weighted by atomic mass is 9.86. The minimum absolute atomic E-state index is 0.153. The van der Waals surface area contributed by atoms with Crippen molar-refractivity contribution in [3.63, 3.8) is 0 Å². The van der Waals surface area contributed by atoms with E-state index in [1.165, 1.54) is 4.90 Å². The van der Waals surface area contributed by atoms with E-state index >= 15 is 0 Å². The Bertz CT molecular complexity index is 579. The summed E-state index contributed by atoms with van der Waals surface area (Å²) in [5.74, 6) is -0.315. The normalized spacial score (nSPS) is 23.9. The molecule has 17 heavy (non-hydrogen) atoms. The highest BCUT2D eigenvalue weighted by molar-refractivity contribution is 7.90. The third kappa shape index (κ3) is 1.84. The number of benzene rings is 1. The van der Waals surface area contributed by atoms with E-state index in [2.05, 4.69) is 0 Å². The van der Waals surface area contributed by atoms with Crippen molar-refractivity contribution in [2.75, 3.05) is 24.0 Å². The van der Waals surface area contributed by atoms with Crippen molar-refractivity contribution in [3.05, 3.63) is 29.8 Å². The van der Waals surface area contributed by atoms with Gasteiger partial charge in [0.15, 0.2) is 0 Å². The number of fused-ring (bicyclic) bond motifs is 1. The molecule has 0 radical (unpaired) electrons. The van der Waals surface area contributed by atoms with E-state index in [-0.39, 0.29) is 11.7 Å². The summed E-state index contributed by atoms with van der Waals surface area (Å²) >= 11 is 0. The van der Waals surface area contributed by atoms with Crippen LogP contribution in [0.4, 0.5) is 5.69 Å². The third-order valence-electron chi connectivity index (χ3n) is 3.19. The second kappa shape index (κ2) is 3.57. The Morgan fingerprint density at radius 2 is 1.88 bits per heavy atom. The van der Waals surface area contributed by atoms with Gasteiger partial charge in [-0.25, -0.2) is 8.42 Å². The minimum Gasteiger partial charge on any atom is -0.314 e. The molecular weight excluding hydrogens is 238 g/mol. The Morgan fingerprint density at radius 3 is 2.47 bits per heavy atom. The topological polar surface area (TPSA) is 54.5 Å². The Balaban J connectivity index is 2.60. The number of hydrogen-bond acceptors (Lipinski definition) is 3. The molecule has 1 aliphatic heterocycles. The number of sulfone groups is 1. The Labute approximate surface area is 101 Å². The number of likely N-dealkylation sites (N-methyl/N-ethyl adjacent to an activating group) is 1. The number of amides is 1. The minimum atomic E-state index is -3.21. The van der Waals surface area contributed by atoms with Gasteiger partial charge in [-0.05, 0) is 18.6 Å². The first kappa shape index (κ1) is 12.1. The van der Waals surface area contributed by atoms with Crippen LogP contribution in [0.5, 0.6) is 0 Å². The SMILES string of the molecule is CN1C(=O)[C@@](C)(CS(C)(=O)=O)c2ccccc21. The maximum absolute atomic E-state index is 12.2. The van der Waals surface area contributed by atoms with Crippen molar-refractivity contribution in [1.82, 2.24) is 0 Å². The highest BCUT2D eigenvalue weighted by Gasteiger charge is 2.47. The maximum atomic E-state index is 12.2. The van der Waals surface area contributed by atoms with Crippen LogP contribution in [0.1, 0.15) is 12.5 Å². The Hall–Kier alpha value is -1.36. The van der Waals surface area contributed by atoms with Gasteiger partial charge < -0.3 is 4.90 Å². The van der Waals surface area contributed by atoms with E-state index < -0.39 is 15.3 Å². The molecule has 0 fully saturated rings. The molecule has 0 saturated heterocycles. The summed E-state index contributed by atoms with van der Waals surface area (Å²) in [4.78, 5) is 13.8. The van der Waals surface area contributed by atoms with E-state index in [0.29, 0.717) is 0 Å². The fourth-order valence-electron chi connectivity index (χ4n) is 2.49. The average Bonchev–Trinajstić information content (AvgIpc) is 2.40. The Kier molecular flexibility index (Phi) is 2.54. The number of carbonyl (C=O) groups excluding carboxylic acids is 1. The standard InChI is InChI=1S/C12H15NO3S/c1-12(8-17(3,15)16)9-6-4-5-7-10(9)13(2)11(12)14/h4-7H,8H2,1-3H3/t12-/m0/s1. The molecule has 0 saturated carbocycles. The third-order valence-corrected chi connectivity index (χ3v) is 4.29. The number of nitrogens with zero attached hydrogens (tertiary/aromatic N) is 1. The van der Waals surface area contributed by atoms with Gasteiger partial charge in [0, 0.05) is 19.0 Å². The van der Waals surface area contributed by atoms with Crippen molar-refractivity contribution in [1.29, 1.82) is 0 Å². The fraction of sp³-hybridized carbons (Fsp3) is 0.417. The molecule has 1 amide bonds. The van der Waals surface area contributed by atoms with Gasteiger partial charge in [-0.2, -0.15) is 0 Å².